The van der Waals surface area contributed by atoms with Crippen molar-refractivity contribution < 1.29 is 8.42 Å². The lowest BCUT2D eigenvalue weighted by Gasteiger charge is -2.06. The second-order valence-corrected chi connectivity index (χ2v) is 6.45. The predicted octanol–water partition coefficient (Wildman–Crippen LogP) is 0.655. The molecular weight excluding hydrogens is 228 g/mol. The Labute approximate surface area is 94.8 Å². The van der Waals surface area contributed by atoms with Crippen LogP contribution in [0.5, 0.6) is 0 Å². The molecule has 1 heterocycles. The first-order chi connectivity index (χ1) is 7.36. The van der Waals surface area contributed by atoms with E-state index in [4.69, 9.17) is 0 Å². The number of hydrogen-bond acceptors (Lipinski definition) is 4. The molecule has 16 heavy (non-hydrogen) atoms. The standard InChI is InChI=1S/C10H16N2O3S/c1-4-8-5-11-9(12-10(8)13)6-16(14,15)7(2)3/h5,7H,4,6H2,1-3H3,(H,11,12,13). The first kappa shape index (κ1) is 12.9. The lowest BCUT2D eigenvalue weighted by atomic mass is 10.3. The summed E-state index contributed by atoms with van der Waals surface area (Å²) in [6, 6.07) is 0. The summed E-state index contributed by atoms with van der Waals surface area (Å²) < 4.78 is 23.2. The van der Waals surface area contributed by atoms with Crippen LogP contribution >= 0.6 is 0 Å². The molecule has 0 aliphatic rings. The molecule has 0 atom stereocenters. The lowest BCUT2D eigenvalue weighted by molar-refractivity contribution is 0.585. The number of H-pyrrole nitrogens is 1. The van der Waals surface area contributed by atoms with Gasteiger partial charge < -0.3 is 4.98 Å². The largest absolute Gasteiger partial charge is 0.309 e. The number of aromatic nitrogens is 2. The first-order valence-electron chi connectivity index (χ1n) is 5.15. The van der Waals surface area contributed by atoms with Crippen molar-refractivity contribution in [1.82, 2.24) is 9.97 Å². The minimum Gasteiger partial charge on any atom is -0.309 e. The Balaban J connectivity index is 3.01. The molecule has 0 aromatic carbocycles. The molecule has 0 bridgehead atoms. The van der Waals surface area contributed by atoms with Crippen LogP contribution < -0.4 is 5.56 Å². The van der Waals surface area contributed by atoms with Crippen LogP contribution in [0.25, 0.3) is 0 Å². The molecule has 6 heteroatoms. The van der Waals surface area contributed by atoms with Crippen molar-refractivity contribution in [2.45, 2.75) is 38.2 Å². The van der Waals surface area contributed by atoms with Crippen LogP contribution in [-0.4, -0.2) is 23.6 Å². The SMILES string of the molecule is CCc1cnc(CS(=O)(=O)C(C)C)[nH]c1=O. The molecular formula is C10H16N2O3S. The summed E-state index contributed by atoms with van der Waals surface area (Å²) in [5.41, 5.74) is 0.303. The van der Waals surface area contributed by atoms with Crippen molar-refractivity contribution in [2.75, 3.05) is 0 Å². The van der Waals surface area contributed by atoms with E-state index in [0.29, 0.717) is 12.0 Å². The van der Waals surface area contributed by atoms with Crippen molar-refractivity contribution in [3.8, 4) is 0 Å². The Morgan fingerprint density at radius 2 is 2.06 bits per heavy atom. The van der Waals surface area contributed by atoms with Crippen LogP contribution in [0.15, 0.2) is 11.0 Å². The molecule has 0 aliphatic heterocycles. The highest BCUT2D eigenvalue weighted by Gasteiger charge is 2.18. The van der Waals surface area contributed by atoms with Crippen LogP contribution in [0.4, 0.5) is 0 Å². The van der Waals surface area contributed by atoms with Gasteiger partial charge in [-0.15, -0.1) is 0 Å². The molecule has 1 N–H and O–H groups in total. The molecule has 0 unspecified atom stereocenters. The molecule has 1 rings (SSSR count). The van der Waals surface area contributed by atoms with Crippen LogP contribution in [0.3, 0.4) is 0 Å². The van der Waals surface area contributed by atoms with Crippen LogP contribution in [-0.2, 0) is 22.0 Å². The van der Waals surface area contributed by atoms with Crippen LogP contribution in [0, 0.1) is 0 Å². The third-order valence-electron chi connectivity index (χ3n) is 2.36. The highest BCUT2D eigenvalue weighted by Crippen LogP contribution is 2.06. The van der Waals surface area contributed by atoms with Gasteiger partial charge in [0.1, 0.15) is 11.6 Å². The number of aryl methyl sites for hydroxylation is 1. The maximum absolute atomic E-state index is 11.6. The zero-order valence-corrected chi connectivity index (χ0v) is 10.5. The Morgan fingerprint density at radius 3 is 2.50 bits per heavy atom. The molecule has 1 aromatic heterocycles. The molecule has 0 saturated heterocycles. The average Bonchev–Trinajstić information content (AvgIpc) is 2.17. The van der Waals surface area contributed by atoms with Gasteiger partial charge in [-0.1, -0.05) is 6.92 Å². The van der Waals surface area contributed by atoms with Gasteiger partial charge in [0.05, 0.1) is 5.25 Å². The highest BCUT2D eigenvalue weighted by atomic mass is 32.2. The number of nitrogens with zero attached hydrogens (tertiary/aromatic N) is 1. The molecule has 0 aliphatic carbocycles. The summed E-state index contributed by atoms with van der Waals surface area (Å²) in [7, 11) is -3.22. The van der Waals surface area contributed by atoms with E-state index in [1.54, 1.807) is 13.8 Å². The predicted molar refractivity (Wildman–Crippen MR) is 62.0 cm³/mol. The van der Waals surface area contributed by atoms with E-state index < -0.39 is 15.1 Å². The van der Waals surface area contributed by atoms with Gasteiger partial charge in [0.15, 0.2) is 9.84 Å². The topological polar surface area (TPSA) is 79.9 Å². The molecule has 1 aromatic rings. The number of rotatable bonds is 4. The fourth-order valence-electron chi connectivity index (χ4n) is 1.14. The number of hydrogen-bond donors (Lipinski definition) is 1. The van der Waals surface area contributed by atoms with E-state index in [1.807, 2.05) is 6.92 Å². The zero-order valence-electron chi connectivity index (χ0n) is 9.65. The van der Waals surface area contributed by atoms with E-state index in [0.717, 1.165) is 0 Å². The summed E-state index contributed by atoms with van der Waals surface area (Å²) in [5, 5.41) is -0.469. The minimum absolute atomic E-state index is 0.205. The third kappa shape index (κ3) is 2.91. The average molecular weight is 244 g/mol. The summed E-state index contributed by atoms with van der Waals surface area (Å²) in [4.78, 5) is 17.9. The summed E-state index contributed by atoms with van der Waals surface area (Å²) in [5.74, 6) is -0.0138. The smallest absolute Gasteiger partial charge is 0.254 e. The Bertz CT molecular complexity index is 517. The van der Waals surface area contributed by atoms with Gasteiger partial charge in [0.2, 0.25) is 0 Å². The van der Waals surface area contributed by atoms with E-state index in [-0.39, 0.29) is 17.1 Å². The van der Waals surface area contributed by atoms with Gasteiger partial charge in [-0.2, -0.15) is 0 Å². The molecule has 0 radical (unpaired) electrons. The lowest BCUT2D eigenvalue weighted by Crippen LogP contribution is -2.21. The molecule has 0 spiro atoms. The van der Waals surface area contributed by atoms with Crippen molar-refractivity contribution in [2.24, 2.45) is 0 Å². The number of aromatic amines is 1. The monoisotopic (exact) mass is 244 g/mol. The summed E-state index contributed by atoms with van der Waals surface area (Å²) in [6.45, 7) is 5.05. The Hall–Kier alpha value is -1.17. The van der Waals surface area contributed by atoms with Gasteiger partial charge in [0, 0.05) is 11.8 Å². The van der Waals surface area contributed by atoms with Crippen molar-refractivity contribution in [1.29, 1.82) is 0 Å². The zero-order chi connectivity index (χ0) is 12.3. The van der Waals surface area contributed by atoms with Gasteiger partial charge in [0.25, 0.3) is 5.56 Å². The highest BCUT2D eigenvalue weighted by molar-refractivity contribution is 7.91. The summed E-state index contributed by atoms with van der Waals surface area (Å²) >= 11 is 0. The Morgan fingerprint density at radius 1 is 1.44 bits per heavy atom. The minimum atomic E-state index is -3.22. The second kappa shape index (κ2) is 4.78. The number of sulfone groups is 1. The molecule has 0 fully saturated rings. The van der Waals surface area contributed by atoms with E-state index >= 15 is 0 Å². The number of nitrogens with one attached hydrogen (secondary N) is 1. The van der Waals surface area contributed by atoms with E-state index in [2.05, 4.69) is 9.97 Å². The Kier molecular flexibility index (Phi) is 3.85. The normalized spacial score (nSPS) is 12.0. The fourth-order valence-corrected chi connectivity index (χ4v) is 2.00. The van der Waals surface area contributed by atoms with Gasteiger partial charge in [-0.25, -0.2) is 13.4 Å². The fraction of sp³-hybridized carbons (Fsp3) is 0.600. The van der Waals surface area contributed by atoms with E-state index in [1.165, 1.54) is 6.20 Å². The molecule has 0 saturated carbocycles. The molecule has 90 valence electrons. The molecule has 5 nitrogen and oxygen atoms in total. The molecule has 0 amide bonds. The van der Waals surface area contributed by atoms with Crippen LogP contribution in [0.1, 0.15) is 32.2 Å². The first-order valence-corrected chi connectivity index (χ1v) is 6.87. The van der Waals surface area contributed by atoms with Crippen molar-refractivity contribution >= 4 is 9.84 Å². The maximum Gasteiger partial charge on any atom is 0.254 e. The van der Waals surface area contributed by atoms with Gasteiger partial charge in [-0.3, -0.25) is 4.79 Å². The summed E-state index contributed by atoms with van der Waals surface area (Å²) in [6.07, 6.45) is 2.02. The maximum atomic E-state index is 11.6. The van der Waals surface area contributed by atoms with E-state index in [9.17, 15) is 13.2 Å². The van der Waals surface area contributed by atoms with Crippen molar-refractivity contribution in [3.63, 3.8) is 0 Å². The quantitative estimate of drug-likeness (QED) is 0.843. The van der Waals surface area contributed by atoms with Crippen LogP contribution in [0.2, 0.25) is 0 Å². The van der Waals surface area contributed by atoms with Gasteiger partial charge in [-0.05, 0) is 20.3 Å². The van der Waals surface area contributed by atoms with Crippen molar-refractivity contribution in [3.05, 3.63) is 27.9 Å². The third-order valence-corrected chi connectivity index (χ3v) is 4.48. The van der Waals surface area contributed by atoms with Gasteiger partial charge >= 0.3 is 0 Å². The second-order valence-electron chi connectivity index (χ2n) is 3.89.